The molecular weight excluding hydrogens is 434 g/mol. The molecule has 0 saturated carbocycles. The lowest BCUT2D eigenvalue weighted by molar-refractivity contribution is -0.142. The molecule has 1 unspecified atom stereocenters. The first kappa shape index (κ1) is 22.6. The molecule has 0 N–H and O–H groups in total. The van der Waals surface area contributed by atoms with E-state index in [4.69, 9.17) is 4.74 Å². The highest BCUT2D eigenvalue weighted by Gasteiger charge is 2.59. The Bertz CT molecular complexity index is 1010. The van der Waals surface area contributed by atoms with Gasteiger partial charge in [-0.15, -0.1) is 0 Å². The van der Waals surface area contributed by atoms with Crippen molar-refractivity contribution in [1.82, 2.24) is 14.1 Å². The normalized spacial score (nSPS) is 25.8. The molecule has 3 aliphatic rings. The van der Waals surface area contributed by atoms with Crippen molar-refractivity contribution in [2.24, 2.45) is 17.8 Å². The second-order valence-electron chi connectivity index (χ2n) is 9.19. The van der Waals surface area contributed by atoms with Gasteiger partial charge in [0.2, 0.25) is 21.8 Å². The fraction of sp³-hybridized carbons (Fsp3) is 0.591. The first-order valence-corrected chi connectivity index (χ1v) is 12.7. The zero-order valence-corrected chi connectivity index (χ0v) is 19.3. The van der Waals surface area contributed by atoms with Gasteiger partial charge in [0.15, 0.2) is 0 Å². The van der Waals surface area contributed by atoms with Crippen molar-refractivity contribution >= 4 is 27.9 Å². The van der Waals surface area contributed by atoms with Crippen LogP contribution in [0, 0.1) is 17.8 Å². The van der Waals surface area contributed by atoms with Gasteiger partial charge in [-0.2, -0.15) is 0 Å². The molecule has 3 aliphatic heterocycles. The molecule has 10 heteroatoms. The standard InChI is InChI=1S/C22H29N3O6S/c1-14(2)18-19-17(25(21(18)27)32(3,29)30)9-10-24(19)20(26)16-11-23(12-16)22(28)31-13-15-7-5-4-6-8-15/h4-8,14,16-19H,9-13H2,1-3H3/t17-,18?,19-/m0/s1. The summed E-state index contributed by atoms with van der Waals surface area (Å²) in [5, 5.41) is 0. The molecule has 1 aromatic rings. The summed E-state index contributed by atoms with van der Waals surface area (Å²) in [4.78, 5) is 41.5. The number of hydrogen-bond acceptors (Lipinski definition) is 6. The molecule has 1 aromatic carbocycles. The zero-order chi connectivity index (χ0) is 23.2. The molecule has 3 atom stereocenters. The first-order valence-electron chi connectivity index (χ1n) is 10.9. The van der Waals surface area contributed by atoms with Crippen LogP contribution in [0.1, 0.15) is 25.8 Å². The van der Waals surface area contributed by atoms with Gasteiger partial charge in [0.25, 0.3) is 0 Å². The van der Waals surface area contributed by atoms with Gasteiger partial charge in [-0.25, -0.2) is 17.5 Å². The lowest BCUT2D eigenvalue weighted by atomic mass is 9.87. The number of benzene rings is 1. The Hall–Kier alpha value is -2.62. The highest BCUT2D eigenvalue weighted by molar-refractivity contribution is 7.88. The van der Waals surface area contributed by atoms with E-state index >= 15 is 0 Å². The second kappa shape index (κ2) is 8.38. The maximum Gasteiger partial charge on any atom is 0.410 e. The van der Waals surface area contributed by atoms with E-state index in [2.05, 4.69) is 0 Å². The molecular formula is C22H29N3O6S. The topological polar surface area (TPSA) is 104 Å². The zero-order valence-electron chi connectivity index (χ0n) is 18.5. The Labute approximate surface area is 188 Å². The van der Waals surface area contributed by atoms with Gasteiger partial charge >= 0.3 is 6.09 Å². The molecule has 3 heterocycles. The summed E-state index contributed by atoms with van der Waals surface area (Å²) in [6.45, 7) is 4.85. The fourth-order valence-corrected chi connectivity index (χ4v) is 6.29. The number of ether oxygens (including phenoxy) is 1. The molecule has 0 spiro atoms. The van der Waals surface area contributed by atoms with Crippen LogP contribution in [0.15, 0.2) is 30.3 Å². The van der Waals surface area contributed by atoms with Gasteiger partial charge in [0, 0.05) is 19.6 Å². The molecule has 0 aliphatic carbocycles. The smallest absolute Gasteiger partial charge is 0.410 e. The number of fused-ring (bicyclic) bond motifs is 1. The number of carbonyl (C=O) groups is 3. The number of amides is 3. The van der Waals surface area contributed by atoms with E-state index in [1.54, 1.807) is 4.90 Å². The average molecular weight is 464 g/mol. The molecule has 0 aromatic heterocycles. The quantitative estimate of drug-likeness (QED) is 0.652. The van der Waals surface area contributed by atoms with Gasteiger partial charge < -0.3 is 14.5 Å². The summed E-state index contributed by atoms with van der Waals surface area (Å²) < 4.78 is 30.8. The molecule has 0 bridgehead atoms. The van der Waals surface area contributed by atoms with Crippen LogP contribution in [0.3, 0.4) is 0 Å². The molecule has 3 saturated heterocycles. The van der Waals surface area contributed by atoms with Crippen molar-refractivity contribution in [1.29, 1.82) is 0 Å². The second-order valence-corrected chi connectivity index (χ2v) is 11.0. The average Bonchev–Trinajstić information content (AvgIpc) is 3.21. The van der Waals surface area contributed by atoms with E-state index in [1.807, 2.05) is 44.2 Å². The summed E-state index contributed by atoms with van der Waals surface area (Å²) in [6, 6.07) is 8.39. The van der Waals surface area contributed by atoms with Crippen molar-refractivity contribution in [3.63, 3.8) is 0 Å². The summed E-state index contributed by atoms with van der Waals surface area (Å²) in [5.74, 6) is -1.56. The van der Waals surface area contributed by atoms with Gasteiger partial charge in [0.1, 0.15) is 6.61 Å². The highest BCUT2D eigenvalue weighted by atomic mass is 32.2. The van der Waals surface area contributed by atoms with Crippen LogP contribution in [0.2, 0.25) is 0 Å². The van der Waals surface area contributed by atoms with Crippen LogP contribution in [0.25, 0.3) is 0 Å². The monoisotopic (exact) mass is 463 g/mol. The van der Waals surface area contributed by atoms with E-state index in [-0.39, 0.29) is 37.4 Å². The first-order chi connectivity index (χ1) is 15.1. The van der Waals surface area contributed by atoms with Gasteiger partial charge in [-0.05, 0) is 17.9 Å². The minimum atomic E-state index is -3.71. The van der Waals surface area contributed by atoms with Crippen molar-refractivity contribution < 1.29 is 27.5 Å². The third-order valence-electron chi connectivity index (χ3n) is 6.64. The number of likely N-dealkylation sites (tertiary alicyclic amines) is 2. The third kappa shape index (κ3) is 3.96. The Balaban J connectivity index is 1.38. The third-order valence-corrected chi connectivity index (χ3v) is 7.81. The van der Waals surface area contributed by atoms with Crippen molar-refractivity contribution in [2.45, 2.75) is 39.0 Å². The fourth-order valence-electron chi connectivity index (χ4n) is 5.12. The number of nitrogens with zero attached hydrogens (tertiary/aromatic N) is 3. The summed E-state index contributed by atoms with van der Waals surface area (Å²) in [5.41, 5.74) is 0.887. The summed E-state index contributed by atoms with van der Waals surface area (Å²) >= 11 is 0. The molecule has 3 fully saturated rings. The van der Waals surface area contributed by atoms with Crippen LogP contribution in [-0.2, 0) is 31.0 Å². The van der Waals surface area contributed by atoms with Gasteiger partial charge in [-0.1, -0.05) is 44.2 Å². The Morgan fingerprint density at radius 3 is 2.41 bits per heavy atom. The molecule has 174 valence electrons. The predicted octanol–water partition coefficient (Wildman–Crippen LogP) is 1.30. The Morgan fingerprint density at radius 2 is 1.81 bits per heavy atom. The van der Waals surface area contributed by atoms with Crippen LogP contribution < -0.4 is 0 Å². The Morgan fingerprint density at radius 1 is 1.16 bits per heavy atom. The number of sulfonamides is 1. The minimum absolute atomic E-state index is 0.0963. The lowest BCUT2D eigenvalue weighted by Crippen LogP contribution is -2.58. The van der Waals surface area contributed by atoms with E-state index < -0.39 is 40.0 Å². The largest absolute Gasteiger partial charge is 0.445 e. The van der Waals surface area contributed by atoms with E-state index in [1.165, 1.54) is 4.90 Å². The molecule has 32 heavy (non-hydrogen) atoms. The maximum absolute atomic E-state index is 13.2. The maximum atomic E-state index is 13.2. The van der Waals surface area contributed by atoms with E-state index in [9.17, 15) is 22.8 Å². The lowest BCUT2D eigenvalue weighted by Gasteiger charge is -2.40. The number of hydrogen-bond donors (Lipinski definition) is 0. The van der Waals surface area contributed by atoms with Crippen LogP contribution in [-0.4, -0.2) is 78.4 Å². The van der Waals surface area contributed by atoms with Crippen molar-refractivity contribution in [2.75, 3.05) is 25.9 Å². The van der Waals surface area contributed by atoms with Crippen molar-refractivity contribution in [3.8, 4) is 0 Å². The van der Waals surface area contributed by atoms with Crippen LogP contribution in [0.4, 0.5) is 4.79 Å². The number of rotatable bonds is 5. The molecule has 3 amide bonds. The molecule has 0 radical (unpaired) electrons. The van der Waals surface area contributed by atoms with Gasteiger partial charge in [0.05, 0.1) is 30.2 Å². The minimum Gasteiger partial charge on any atom is -0.445 e. The molecule has 9 nitrogen and oxygen atoms in total. The predicted molar refractivity (Wildman–Crippen MR) is 116 cm³/mol. The van der Waals surface area contributed by atoms with Crippen molar-refractivity contribution in [3.05, 3.63) is 35.9 Å². The Kier molecular flexibility index (Phi) is 5.91. The SMILES string of the molecule is CC(C)C1C(=O)N(S(C)(=O)=O)[C@H]2CCN(C(=O)C3CN(C(=O)OCc4ccccc4)C3)[C@H]12. The number of carbonyl (C=O) groups excluding carboxylic acids is 3. The summed E-state index contributed by atoms with van der Waals surface area (Å²) in [7, 11) is -3.71. The van der Waals surface area contributed by atoms with Crippen LogP contribution >= 0.6 is 0 Å². The molecule has 4 rings (SSSR count). The van der Waals surface area contributed by atoms with Gasteiger partial charge in [-0.3, -0.25) is 9.59 Å². The highest BCUT2D eigenvalue weighted by Crippen LogP contribution is 2.42. The van der Waals surface area contributed by atoms with E-state index in [0.717, 1.165) is 16.1 Å². The summed E-state index contributed by atoms with van der Waals surface area (Å²) in [6.07, 6.45) is 1.02. The van der Waals surface area contributed by atoms with Crippen LogP contribution in [0.5, 0.6) is 0 Å². The van der Waals surface area contributed by atoms with E-state index in [0.29, 0.717) is 13.0 Å².